The van der Waals surface area contributed by atoms with Crippen LogP contribution < -0.4 is 4.74 Å². The fraction of sp³-hybridized carbons (Fsp3) is 0.462. The highest BCUT2D eigenvalue weighted by atomic mass is 16.5. The van der Waals surface area contributed by atoms with Crippen molar-refractivity contribution in [2.45, 2.75) is 33.1 Å². The van der Waals surface area contributed by atoms with Gasteiger partial charge < -0.3 is 9.53 Å². The van der Waals surface area contributed by atoms with Crippen molar-refractivity contribution in [3.8, 4) is 5.75 Å². The maximum atomic E-state index is 10.5. The number of hydrogen-bond donors (Lipinski definition) is 0. The number of ether oxygens (including phenoxy) is 1. The van der Waals surface area contributed by atoms with E-state index in [1.807, 2.05) is 13.8 Å². The molecule has 1 aromatic carbocycles. The summed E-state index contributed by atoms with van der Waals surface area (Å²) in [6.45, 7) is 6.14. The highest BCUT2D eigenvalue weighted by Crippen LogP contribution is 2.32. The topological polar surface area (TPSA) is 26.3 Å². The SMILES string of the molecule is COc1c(C)cc(C)cc1C(C)CC=O. The van der Waals surface area contributed by atoms with Crippen molar-refractivity contribution in [3.63, 3.8) is 0 Å². The molecule has 0 amide bonds. The van der Waals surface area contributed by atoms with Crippen LogP contribution in [-0.4, -0.2) is 13.4 Å². The van der Waals surface area contributed by atoms with Crippen LogP contribution in [0.3, 0.4) is 0 Å². The van der Waals surface area contributed by atoms with E-state index in [0.717, 1.165) is 23.2 Å². The van der Waals surface area contributed by atoms with E-state index < -0.39 is 0 Å². The van der Waals surface area contributed by atoms with Crippen molar-refractivity contribution in [2.75, 3.05) is 7.11 Å². The second kappa shape index (κ2) is 4.96. The van der Waals surface area contributed by atoms with Crippen LogP contribution in [0.4, 0.5) is 0 Å². The summed E-state index contributed by atoms with van der Waals surface area (Å²) in [5.41, 5.74) is 3.47. The molecular formula is C13H18O2. The minimum atomic E-state index is 0.219. The van der Waals surface area contributed by atoms with Gasteiger partial charge in [0, 0.05) is 6.42 Å². The Morgan fingerprint density at radius 3 is 2.60 bits per heavy atom. The van der Waals surface area contributed by atoms with Crippen molar-refractivity contribution in [1.29, 1.82) is 0 Å². The molecule has 0 aliphatic heterocycles. The van der Waals surface area contributed by atoms with Crippen LogP contribution in [0.1, 0.15) is 36.0 Å². The Morgan fingerprint density at radius 2 is 2.07 bits per heavy atom. The molecule has 0 radical (unpaired) electrons. The largest absolute Gasteiger partial charge is 0.496 e. The van der Waals surface area contributed by atoms with Gasteiger partial charge >= 0.3 is 0 Å². The fourth-order valence-electron chi connectivity index (χ4n) is 1.90. The summed E-state index contributed by atoms with van der Waals surface area (Å²) >= 11 is 0. The number of rotatable bonds is 4. The zero-order chi connectivity index (χ0) is 11.4. The quantitative estimate of drug-likeness (QED) is 0.708. The summed E-state index contributed by atoms with van der Waals surface area (Å²) in [4.78, 5) is 10.5. The fourth-order valence-corrected chi connectivity index (χ4v) is 1.90. The van der Waals surface area contributed by atoms with Crippen LogP contribution in [0.2, 0.25) is 0 Å². The average molecular weight is 206 g/mol. The molecule has 0 aliphatic rings. The number of hydrogen-bond acceptors (Lipinski definition) is 2. The van der Waals surface area contributed by atoms with Gasteiger partial charge in [0.1, 0.15) is 12.0 Å². The molecule has 0 N–H and O–H groups in total. The number of benzene rings is 1. The van der Waals surface area contributed by atoms with E-state index in [1.165, 1.54) is 5.56 Å². The minimum absolute atomic E-state index is 0.219. The van der Waals surface area contributed by atoms with Crippen molar-refractivity contribution in [1.82, 2.24) is 0 Å². The lowest BCUT2D eigenvalue weighted by atomic mass is 9.93. The zero-order valence-corrected chi connectivity index (χ0v) is 9.83. The first kappa shape index (κ1) is 11.8. The van der Waals surface area contributed by atoms with Crippen LogP contribution >= 0.6 is 0 Å². The number of aryl methyl sites for hydroxylation is 2. The maximum Gasteiger partial charge on any atom is 0.125 e. The first-order valence-electron chi connectivity index (χ1n) is 5.19. The molecule has 0 heterocycles. The Hall–Kier alpha value is -1.31. The van der Waals surface area contributed by atoms with Gasteiger partial charge in [0.05, 0.1) is 7.11 Å². The first-order chi connectivity index (χ1) is 7.10. The summed E-state index contributed by atoms with van der Waals surface area (Å²) in [6, 6.07) is 4.19. The number of aldehydes is 1. The van der Waals surface area contributed by atoms with Gasteiger partial charge in [0.15, 0.2) is 0 Å². The van der Waals surface area contributed by atoms with Crippen molar-refractivity contribution >= 4 is 6.29 Å². The molecule has 0 spiro atoms. The van der Waals surface area contributed by atoms with E-state index in [-0.39, 0.29) is 5.92 Å². The number of carbonyl (C=O) groups is 1. The third-order valence-corrected chi connectivity index (χ3v) is 2.63. The summed E-state index contributed by atoms with van der Waals surface area (Å²) in [5.74, 6) is 1.13. The molecule has 1 atom stereocenters. The molecule has 0 fully saturated rings. The summed E-state index contributed by atoms with van der Waals surface area (Å²) in [6.07, 6.45) is 1.50. The van der Waals surface area contributed by atoms with E-state index in [9.17, 15) is 4.79 Å². The molecule has 2 heteroatoms. The summed E-state index contributed by atoms with van der Waals surface area (Å²) in [7, 11) is 1.68. The molecular weight excluding hydrogens is 188 g/mol. The molecule has 1 rings (SSSR count). The van der Waals surface area contributed by atoms with E-state index in [4.69, 9.17) is 4.74 Å². The molecule has 1 aromatic rings. The molecule has 0 saturated carbocycles. The standard InChI is InChI=1S/C13H18O2/c1-9-7-11(3)13(15-4)12(8-9)10(2)5-6-14/h6-8,10H,5H2,1-4H3. The van der Waals surface area contributed by atoms with Crippen molar-refractivity contribution < 1.29 is 9.53 Å². The van der Waals surface area contributed by atoms with Gasteiger partial charge in [-0.2, -0.15) is 0 Å². The molecule has 0 aliphatic carbocycles. The van der Waals surface area contributed by atoms with Gasteiger partial charge in [-0.15, -0.1) is 0 Å². The average Bonchev–Trinajstić information content (AvgIpc) is 2.17. The Bertz CT molecular complexity index is 356. The monoisotopic (exact) mass is 206 g/mol. The normalized spacial score (nSPS) is 12.3. The zero-order valence-electron chi connectivity index (χ0n) is 9.83. The predicted octanol–water partition coefficient (Wildman–Crippen LogP) is 3.00. The highest BCUT2D eigenvalue weighted by Gasteiger charge is 2.13. The lowest BCUT2D eigenvalue weighted by Crippen LogP contribution is -2.01. The summed E-state index contributed by atoms with van der Waals surface area (Å²) in [5, 5.41) is 0. The third kappa shape index (κ3) is 2.58. The van der Waals surface area contributed by atoms with Crippen LogP contribution in [0.25, 0.3) is 0 Å². The second-order valence-corrected chi connectivity index (χ2v) is 4.01. The van der Waals surface area contributed by atoms with Crippen LogP contribution in [0.15, 0.2) is 12.1 Å². The molecule has 0 bridgehead atoms. The van der Waals surface area contributed by atoms with Gasteiger partial charge in [-0.1, -0.05) is 24.6 Å². The van der Waals surface area contributed by atoms with E-state index in [2.05, 4.69) is 19.1 Å². The Morgan fingerprint density at radius 1 is 1.40 bits per heavy atom. The van der Waals surface area contributed by atoms with E-state index in [1.54, 1.807) is 7.11 Å². The van der Waals surface area contributed by atoms with Gasteiger partial charge in [0.2, 0.25) is 0 Å². The molecule has 1 unspecified atom stereocenters. The number of carbonyl (C=O) groups excluding carboxylic acids is 1. The van der Waals surface area contributed by atoms with Crippen LogP contribution in [0, 0.1) is 13.8 Å². The maximum absolute atomic E-state index is 10.5. The lowest BCUT2D eigenvalue weighted by Gasteiger charge is -2.16. The highest BCUT2D eigenvalue weighted by molar-refractivity contribution is 5.54. The Kier molecular flexibility index (Phi) is 3.89. The predicted molar refractivity (Wildman–Crippen MR) is 61.6 cm³/mol. The van der Waals surface area contributed by atoms with E-state index >= 15 is 0 Å². The van der Waals surface area contributed by atoms with Gasteiger partial charge in [0.25, 0.3) is 0 Å². The van der Waals surface area contributed by atoms with Gasteiger partial charge in [-0.3, -0.25) is 0 Å². The minimum Gasteiger partial charge on any atom is -0.496 e. The van der Waals surface area contributed by atoms with Crippen LogP contribution in [0.5, 0.6) is 5.75 Å². The lowest BCUT2D eigenvalue weighted by molar-refractivity contribution is -0.108. The molecule has 82 valence electrons. The second-order valence-electron chi connectivity index (χ2n) is 4.01. The van der Waals surface area contributed by atoms with E-state index in [0.29, 0.717) is 6.42 Å². The molecule has 0 aromatic heterocycles. The smallest absolute Gasteiger partial charge is 0.125 e. The van der Waals surface area contributed by atoms with Gasteiger partial charge in [-0.25, -0.2) is 0 Å². The summed E-state index contributed by atoms with van der Waals surface area (Å²) < 4.78 is 5.38. The van der Waals surface area contributed by atoms with Crippen molar-refractivity contribution in [3.05, 3.63) is 28.8 Å². The first-order valence-corrected chi connectivity index (χ1v) is 5.19. The Balaban J connectivity index is 3.19. The van der Waals surface area contributed by atoms with Gasteiger partial charge in [-0.05, 0) is 30.9 Å². The molecule has 2 nitrogen and oxygen atoms in total. The van der Waals surface area contributed by atoms with Crippen LogP contribution in [-0.2, 0) is 4.79 Å². The third-order valence-electron chi connectivity index (χ3n) is 2.63. The Labute approximate surface area is 91.3 Å². The molecule has 15 heavy (non-hydrogen) atoms. The number of methoxy groups -OCH3 is 1. The van der Waals surface area contributed by atoms with Crippen molar-refractivity contribution in [2.24, 2.45) is 0 Å². The molecule has 0 saturated heterocycles.